The summed E-state index contributed by atoms with van der Waals surface area (Å²) in [7, 11) is 0. The molecule has 0 bridgehead atoms. The Hall–Kier alpha value is -2.36. The van der Waals surface area contributed by atoms with Gasteiger partial charge in [-0.3, -0.25) is 9.89 Å². The van der Waals surface area contributed by atoms with E-state index in [1.165, 1.54) is 10.1 Å². The van der Waals surface area contributed by atoms with Crippen LogP contribution in [0.2, 0.25) is 0 Å². The number of aromatic amines is 1. The molecule has 0 saturated carbocycles. The van der Waals surface area contributed by atoms with Crippen LogP contribution in [-0.2, 0) is 6.42 Å². The van der Waals surface area contributed by atoms with Crippen LogP contribution >= 0.6 is 0 Å². The smallest absolute Gasteiger partial charge is 0.272 e. The maximum Gasteiger partial charge on any atom is 0.272 e. The summed E-state index contributed by atoms with van der Waals surface area (Å²) >= 11 is 0. The first-order valence-corrected chi connectivity index (χ1v) is 6.86. The van der Waals surface area contributed by atoms with E-state index in [4.69, 9.17) is 0 Å². The number of hydrogen-bond donors (Lipinski definition) is 1. The van der Waals surface area contributed by atoms with Crippen LogP contribution in [0.3, 0.4) is 0 Å². The Morgan fingerprint density at radius 3 is 2.85 bits per heavy atom. The molecule has 0 fully saturated rings. The molecule has 0 radical (unpaired) electrons. The second kappa shape index (κ2) is 4.96. The lowest BCUT2D eigenvalue weighted by Crippen LogP contribution is -2.15. The van der Waals surface area contributed by atoms with E-state index in [9.17, 15) is 4.79 Å². The van der Waals surface area contributed by atoms with Crippen LogP contribution in [0.25, 0.3) is 16.9 Å². The van der Waals surface area contributed by atoms with E-state index >= 15 is 0 Å². The average molecular weight is 267 g/mol. The van der Waals surface area contributed by atoms with Crippen molar-refractivity contribution >= 4 is 5.65 Å². The van der Waals surface area contributed by atoms with Crippen molar-refractivity contribution in [2.75, 3.05) is 0 Å². The standard InChI is InChI=1S/C16H17N3O/c1-3-5-13-9-16(20)19-15(17-13)10-14(18-19)12-7-4-6-11(2)8-12/h4,6-10,18H,3,5H2,1-2H3. The minimum Gasteiger partial charge on any atom is -0.289 e. The first kappa shape index (κ1) is 12.7. The van der Waals surface area contributed by atoms with Crippen molar-refractivity contribution in [3.8, 4) is 11.3 Å². The van der Waals surface area contributed by atoms with Crippen molar-refractivity contribution in [3.63, 3.8) is 0 Å². The molecular weight excluding hydrogens is 250 g/mol. The van der Waals surface area contributed by atoms with Gasteiger partial charge in [-0.1, -0.05) is 37.1 Å². The highest BCUT2D eigenvalue weighted by Gasteiger charge is 2.07. The number of nitrogens with one attached hydrogen (secondary N) is 1. The minimum atomic E-state index is -0.0580. The summed E-state index contributed by atoms with van der Waals surface area (Å²) in [6.45, 7) is 4.13. The van der Waals surface area contributed by atoms with Gasteiger partial charge < -0.3 is 0 Å². The topological polar surface area (TPSA) is 50.2 Å². The summed E-state index contributed by atoms with van der Waals surface area (Å²) in [6.07, 6.45) is 1.81. The molecule has 0 unspecified atom stereocenters. The van der Waals surface area contributed by atoms with Crippen molar-refractivity contribution < 1.29 is 0 Å². The monoisotopic (exact) mass is 267 g/mol. The van der Waals surface area contributed by atoms with Gasteiger partial charge in [-0.2, -0.15) is 0 Å². The SMILES string of the molecule is CCCc1cc(=O)n2[nH]c(-c3cccc(C)c3)cc2n1. The van der Waals surface area contributed by atoms with Crippen LogP contribution < -0.4 is 5.56 Å². The van der Waals surface area contributed by atoms with Crippen LogP contribution in [-0.4, -0.2) is 14.6 Å². The molecule has 0 aliphatic rings. The molecule has 2 aromatic heterocycles. The third kappa shape index (κ3) is 2.25. The van der Waals surface area contributed by atoms with Crippen LogP contribution in [0, 0.1) is 6.92 Å². The average Bonchev–Trinajstić information content (AvgIpc) is 2.84. The number of rotatable bonds is 3. The minimum absolute atomic E-state index is 0.0580. The number of hydrogen-bond acceptors (Lipinski definition) is 2. The fourth-order valence-electron chi connectivity index (χ4n) is 2.39. The van der Waals surface area contributed by atoms with Crippen LogP contribution in [0.4, 0.5) is 0 Å². The van der Waals surface area contributed by atoms with Gasteiger partial charge in [0.15, 0.2) is 5.65 Å². The Balaban J connectivity index is 2.15. The lowest BCUT2D eigenvalue weighted by molar-refractivity contribution is 0.841. The maximum absolute atomic E-state index is 12.1. The predicted molar refractivity (Wildman–Crippen MR) is 80.0 cm³/mol. The fraction of sp³-hybridized carbons (Fsp3) is 0.250. The molecule has 0 aliphatic carbocycles. The predicted octanol–water partition coefficient (Wildman–Crippen LogP) is 2.95. The number of nitrogens with zero attached hydrogens (tertiary/aromatic N) is 2. The largest absolute Gasteiger partial charge is 0.289 e. The van der Waals surface area contributed by atoms with Crippen molar-refractivity contribution in [2.45, 2.75) is 26.7 Å². The first-order chi connectivity index (χ1) is 9.67. The van der Waals surface area contributed by atoms with Gasteiger partial charge in [0.25, 0.3) is 5.56 Å². The first-order valence-electron chi connectivity index (χ1n) is 6.86. The lowest BCUT2D eigenvalue weighted by Gasteiger charge is -1.98. The zero-order chi connectivity index (χ0) is 14.1. The molecule has 3 rings (SSSR count). The molecule has 4 nitrogen and oxygen atoms in total. The van der Waals surface area contributed by atoms with E-state index in [0.29, 0.717) is 5.65 Å². The molecule has 0 aliphatic heterocycles. The van der Waals surface area contributed by atoms with E-state index in [-0.39, 0.29) is 5.56 Å². The highest BCUT2D eigenvalue weighted by atomic mass is 16.1. The van der Waals surface area contributed by atoms with Crippen molar-refractivity contribution in [1.82, 2.24) is 14.6 Å². The van der Waals surface area contributed by atoms with Crippen LogP contribution in [0.5, 0.6) is 0 Å². The number of H-pyrrole nitrogens is 1. The van der Waals surface area contributed by atoms with Gasteiger partial charge in [0.2, 0.25) is 0 Å². The van der Waals surface area contributed by atoms with E-state index in [0.717, 1.165) is 29.8 Å². The molecule has 2 heterocycles. The molecule has 102 valence electrons. The Labute approximate surface area is 117 Å². The molecule has 4 heteroatoms. The number of aryl methyl sites for hydroxylation is 2. The van der Waals surface area contributed by atoms with Crippen molar-refractivity contribution in [1.29, 1.82) is 0 Å². The van der Waals surface area contributed by atoms with E-state index < -0.39 is 0 Å². The normalized spacial score (nSPS) is 11.1. The van der Waals surface area contributed by atoms with Gasteiger partial charge in [-0.15, -0.1) is 0 Å². The van der Waals surface area contributed by atoms with Gasteiger partial charge in [0.1, 0.15) is 0 Å². The number of benzene rings is 1. The van der Waals surface area contributed by atoms with Crippen molar-refractivity contribution in [2.24, 2.45) is 0 Å². The molecule has 0 amide bonds. The summed E-state index contributed by atoms with van der Waals surface area (Å²) in [4.78, 5) is 16.6. The highest BCUT2D eigenvalue weighted by Crippen LogP contribution is 2.19. The van der Waals surface area contributed by atoms with Gasteiger partial charge in [0.05, 0.1) is 5.69 Å². The van der Waals surface area contributed by atoms with Crippen LogP contribution in [0.15, 0.2) is 41.2 Å². The molecule has 1 aromatic carbocycles. The molecular formula is C16H17N3O. The van der Waals surface area contributed by atoms with Gasteiger partial charge in [-0.05, 0) is 25.0 Å². The highest BCUT2D eigenvalue weighted by molar-refractivity contribution is 5.64. The van der Waals surface area contributed by atoms with E-state index in [1.54, 1.807) is 6.07 Å². The Kier molecular flexibility index (Phi) is 3.14. The fourth-order valence-corrected chi connectivity index (χ4v) is 2.39. The third-order valence-electron chi connectivity index (χ3n) is 3.34. The summed E-state index contributed by atoms with van der Waals surface area (Å²) in [6, 6.07) is 11.7. The lowest BCUT2D eigenvalue weighted by atomic mass is 10.1. The number of aromatic nitrogens is 3. The van der Waals surface area contributed by atoms with Gasteiger partial charge >= 0.3 is 0 Å². The maximum atomic E-state index is 12.1. The Bertz CT molecular complexity index is 814. The molecule has 0 spiro atoms. The molecule has 3 aromatic rings. The zero-order valence-corrected chi connectivity index (χ0v) is 11.7. The second-order valence-electron chi connectivity index (χ2n) is 5.07. The molecule has 1 N–H and O–H groups in total. The van der Waals surface area contributed by atoms with Crippen molar-refractivity contribution in [3.05, 3.63) is 58.0 Å². The van der Waals surface area contributed by atoms with Crippen LogP contribution in [0.1, 0.15) is 24.6 Å². The van der Waals surface area contributed by atoms with Gasteiger partial charge in [-0.25, -0.2) is 9.50 Å². The Morgan fingerprint density at radius 1 is 1.25 bits per heavy atom. The Morgan fingerprint density at radius 2 is 2.10 bits per heavy atom. The molecule has 0 atom stereocenters. The zero-order valence-electron chi connectivity index (χ0n) is 11.7. The third-order valence-corrected chi connectivity index (χ3v) is 3.34. The summed E-state index contributed by atoms with van der Waals surface area (Å²) in [5.74, 6) is 0. The number of fused-ring (bicyclic) bond motifs is 1. The summed E-state index contributed by atoms with van der Waals surface area (Å²) in [5.41, 5.74) is 4.63. The molecule has 0 saturated heterocycles. The summed E-state index contributed by atoms with van der Waals surface area (Å²) < 4.78 is 1.50. The van der Waals surface area contributed by atoms with Gasteiger partial charge in [0, 0.05) is 17.8 Å². The quantitative estimate of drug-likeness (QED) is 0.793. The molecule has 20 heavy (non-hydrogen) atoms. The van der Waals surface area contributed by atoms with E-state index in [1.807, 2.05) is 18.2 Å². The summed E-state index contributed by atoms with van der Waals surface area (Å²) in [5, 5.41) is 3.12. The van der Waals surface area contributed by atoms with E-state index in [2.05, 4.69) is 36.1 Å². The second-order valence-corrected chi connectivity index (χ2v) is 5.07.